The fraction of sp³-hybridized carbons (Fsp3) is 0.250. The van der Waals surface area contributed by atoms with E-state index in [1.165, 1.54) is 12.1 Å². The molecule has 0 fully saturated rings. The molecular weight excluding hydrogens is 335 g/mol. The number of aryl methyl sites for hydroxylation is 1. The lowest BCUT2D eigenvalue weighted by molar-refractivity contribution is 0.405. The standard InChI is InChI=1S/C16H18BrFN2O/c1-10-3-5-13(18)9-14(10)15(20-19)8-11-7-12(17)4-6-16(11)21-2/h3-7,9,15,20H,8,19H2,1-2H3. The first-order chi connectivity index (χ1) is 10.0. The number of methoxy groups -OCH3 is 1. The molecule has 21 heavy (non-hydrogen) atoms. The van der Waals surface area contributed by atoms with Crippen LogP contribution in [0.2, 0.25) is 0 Å². The van der Waals surface area contributed by atoms with Crippen LogP contribution in [0.4, 0.5) is 4.39 Å². The minimum atomic E-state index is -0.267. The van der Waals surface area contributed by atoms with Crippen LogP contribution >= 0.6 is 15.9 Å². The molecule has 2 rings (SSSR count). The third kappa shape index (κ3) is 3.81. The normalized spacial score (nSPS) is 12.2. The Balaban J connectivity index is 2.35. The van der Waals surface area contributed by atoms with Gasteiger partial charge in [-0.25, -0.2) is 4.39 Å². The summed E-state index contributed by atoms with van der Waals surface area (Å²) in [6, 6.07) is 10.3. The van der Waals surface area contributed by atoms with Gasteiger partial charge in [-0.15, -0.1) is 0 Å². The first-order valence-corrected chi connectivity index (χ1v) is 7.39. The summed E-state index contributed by atoms with van der Waals surface area (Å²) in [4.78, 5) is 0. The molecule has 1 atom stereocenters. The van der Waals surface area contributed by atoms with Gasteiger partial charge in [0.15, 0.2) is 0 Å². The molecule has 3 nitrogen and oxygen atoms in total. The maximum Gasteiger partial charge on any atom is 0.123 e. The maximum atomic E-state index is 13.5. The predicted molar refractivity (Wildman–Crippen MR) is 85.6 cm³/mol. The molecule has 0 aromatic heterocycles. The van der Waals surface area contributed by atoms with E-state index >= 15 is 0 Å². The number of nitrogens with one attached hydrogen (secondary N) is 1. The lowest BCUT2D eigenvalue weighted by Crippen LogP contribution is -2.30. The number of ether oxygens (including phenoxy) is 1. The van der Waals surface area contributed by atoms with Crippen molar-refractivity contribution in [3.63, 3.8) is 0 Å². The van der Waals surface area contributed by atoms with E-state index in [0.717, 1.165) is 26.9 Å². The molecule has 0 spiro atoms. The second kappa shape index (κ2) is 7.02. The average Bonchev–Trinajstić information content (AvgIpc) is 2.47. The van der Waals surface area contributed by atoms with E-state index in [1.807, 2.05) is 25.1 Å². The Morgan fingerprint density at radius 1 is 1.29 bits per heavy atom. The highest BCUT2D eigenvalue weighted by Crippen LogP contribution is 2.29. The van der Waals surface area contributed by atoms with Crippen molar-refractivity contribution < 1.29 is 9.13 Å². The molecule has 0 saturated carbocycles. The van der Waals surface area contributed by atoms with Crippen LogP contribution in [0.25, 0.3) is 0 Å². The molecule has 5 heteroatoms. The first-order valence-electron chi connectivity index (χ1n) is 6.59. The minimum Gasteiger partial charge on any atom is -0.496 e. The van der Waals surface area contributed by atoms with Crippen molar-refractivity contribution in [2.45, 2.75) is 19.4 Å². The third-order valence-corrected chi connectivity index (χ3v) is 3.98. The molecule has 1 unspecified atom stereocenters. The molecule has 2 aromatic rings. The van der Waals surface area contributed by atoms with Crippen LogP contribution in [-0.4, -0.2) is 7.11 Å². The third-order valence-electron chi connectivity index (χ3n) is 3.48. The van der Waals surface area contributed by atoms with Crippen LogP contribution in [0, 0.1) is 12.7 Å². The summed E-state index contributed by atoms with van der Waals surface area (Å²) >= 11 is 3.45. The zero-order valence-corrected chi connectivity index (χ0v) is 13.6. The fourth-order valence-corrected chi connectivity index (χ4v) is 2.78. The molecule has 0 bridgehead atoms. The van der Waals surface area contributed by atoms with Crippen molar-refractivity contribution >= 4 is 15.9 Å². The summed E-state index contributed by atoms with van der Waals surface area (Å²) in [6.45, 7) is 1.94. The number of rotatable bonds is 5. The van der Waals surface area contributed by atoms with Crippen molar-refractivity contribution in [2.75, 3.05) is 7.11 Å². The van der Waals surface area contributed by atoms with Crippen molar-refractivity contribution in [1.29, 1.82) is 0 Å². The molecular formula is C16H18BrFN2O. The Morgan fingerprint density at radius 3 is 2.71 bits per heavy atom. The van der Waals surface area contributed by atoms with Crippen LogP contribution in [0.1, 0.15) is 22.7 Å². The van der Waals surface area contributed by atoms with Crippen molar-refractivity contribution in [3.05, 3.63) is 63.4 Å². The van der Waals surface area contributed by atoms with Crippen LogP contribution < -0.4 is 16.0 Å². The van der Waals surface area contributed by atoms with Gasteiger partial charge in [-0.05, 0) is 60.4 Å². The van der Waals surface area contributed by atoms with Gasteiger partial charge in [0.05, 0.1) is 13.2 Å². The average molecular weight is 353 g/mol. The van der Waals surface area contributed by atoms with Crippen LogP contribution in [0.5, 0.6) is 5.75 Å². The molecule has 112 valence electrons. The lowest BCUT2D eigenvalue weighted by atomic mass is 9.95. The van der Waals surface area contributed by atoms with Gasteiger partial charge >= 0.3 is 0 Å². The highest BCUT2D eigenvalue weighted by molar-refractivity contribution is 9.10. The number of benzene rings is 2. The molecule has 0 amide bonds. The number of hydrogen-bond donors (Lipinski definition) is 2. The monoisotopic (exact) mass is 352 g/mol. The van der Waals surface area contributed by atoms with Gasteiger partial charge in [0, 0.05) is 4.47 Å². The van der Waals surface area contributed by atoms with Crippen molar-refractivity contribution in [3.8, 4) is 5.75 Å². The largest absolute Gasteiger partial charge is 0.496 e. The van der Waals surface area contributed by atoms with Gasteiger partial charge in [0.1, 0.15) is 11.6 Å². The Bertz CT molecular complexity index is 634. The fourth-order valence-electron chi connectivity index (χ4n) is 2.37. The van der Waals surface area contributed by atoms with Gasteiger partial charge in [0.2, 0.25) is 0 Å². The lowest BCUT2D eigenvalue weighted by Gasteiger charge is -2.20. The number of halogens is 2. The zero-order chi connectivity index (χ0) is 15.4. The van der Waals surface area contributed by atoms with Gasteiger partial charge < -0.3 is 4.74 Å². The highest BCUT2D eigenvalue weighted by atomic mass is 79.9. The van der Waals surface area contributed by atoms with E-state index in [-0.39, 0.29) is 11.9 Å². The Morgan fingerprint density at radius 2 is 2.05 bits per heavy atom. The number of hydrazine groups is 1. The van der Waals surface area contributed by atoms with E-state index in [0.29, 0.717) is 6.42 Å². The topological polar surface area (TPSA) is 47.3 Å². The summed E-state index contributed by atoms with van der Waals surface area (Å²) < 4.78 is 19.8. The first kappa shape index (κ1) is 15.9. The Kier molecular flexibility index (Phi) is 5.33. The molecule has 3 N–H and O–H groups in total. The van der Waals surface area contributed by atoms with Crippen LogP contribution in [-0.2, 0) is 6.42 Å². The predicted octanol–water partition coefficient (Wildman–Crippen LogP) is 3.65. The summed E-state index contributed by atoms with van der Waals surface area (Å²) in [7, 11) is 1.63. The van der Waals surface area contributed by atoms with Crippen molar-refractivity contribution in [2.24, 2.45) is 5.84 Å². The van der Waals surface area contributed by atoms with Crippen LogP contribution in [0.15, 0.2) is 40.9 Å². The van der Waals surface area contributed by atoms with Crippen molar-refractivity contribution in [1.82, 2.24) is 5.43 Å². The smallest absolute Gasteiger partial charge is 0.123 e. The van der Waals surface area contributed by atoms with Crippen LogP contribution in [0.3, 0.4) is 0 Å². The zero-order valence-electron chi connectivity index (χ0n) is 12.0. The maximum absolute atomic E-state index is 13.5. The summed E-state index contributed by atoms with van der Waals surface area (Å²) in [5, 5.41) is 0. The molecule has 0 aliphatic carbocycles. The number of hydrogen-bond acceptors (Lipinski definition) is 3. The second-order valence-corrected chi connectivity index (χ2v) is 5.80. The van der Waals surface area contributed by atoms with Gasteiger partial charge in [-0.1, -0.05) is 22.0 Å². The molecule has 0 heterocycles. The Hall–Kier alpha value is -1.43. The molecule has 0 aliphatic rings. The summed E-state index contributed by atoms with van der Waals surface area (Å²) in [6.07, 6.45) is 0.601. The number of nitrogens with two attached hydrogens (primary N) is 1. The Labute approximate surface area is 132 Å². The molecule has 0 radical (unpaired) electrons. The van der Waals surface area contributed by atoms with E-state index < -0.39 is 0 Å². The SMILES string of the molecule is COc1ccc(Br)cc1CC(NN)c1cc(F)ccc1C. The van der Waals surface area contributed by atoms with Gasteiger partial charge in [-0.2, -0.15) is 0 Å². The second-order valence-electron chi connectivity index (χ2n) is 4.88. The quantitative estimate of drug-likeness (QED) is 0.637. The van der Waals surface area contributed by atoms with E-state index in [2.05, 4.69) is 21.4 Å². The summed E-state index contributed by atoms with van der Waals surface area (Å²) in [5.41, 5.74) is 5.61. The van der Waals surface area contributed by atoms with Gasteiger partial charge in [-0.3, -0.25) is 11.3 Å². The van der Waals surface area contributed by atoms with E-state index in [4.69, 9.17) is 10.6 Å². The highest BCUT2D eigenvalue weighted by Gasteiger charge is 2.16. The molecule has 0 aliphatic heterocycles. The van der Waals surface area contributed by atoms with Gasteiger partial charge in [0.25, 0.3) is 0 Å². The van der Waals surface area contributed by atoms with E-state index in [1.54, 1.807) is 13.2 Å². The minimum absolute atomic E-state index is 0.191. The molecule has 2 aromatic carbocycles. The summed E-state index contributed by atoms with van der Waals surface area (Å²) in [5.74, 6) is 6.19. The molecule has 0 saturated heterocycles. The van der Waals surface area contributed by atoms with E-state index in [9.17, 15) is 4.39 Å².